The fourth-order valence-electron chi connectivity index (χ4n) is 3.01. The maximum absolute atomic E-state index is 12.4. The normalized spacial score (nSPS) is 11.2. The minimum absolute atomic E-state index is 0.0477. The number of hydrogen-bond acceptors (Lipinski definition) is 6. The zero-order chi connectivity index (χ0) is 21.1. The molecular formula is C21H21N3O5. The number of allylic oxidation sites excluding steroid dienone is 1. The van der Waals surface area contributed by atoms with E-state index in [4.69, 9.17) is 9.15 Å². The van der Waals surface area contributed by atoms with Gasteiger partial charge in [0.25, 0.3) is 5.69 Å². The predicted molar refractivity (Wildman–Crippen MR) is 107 cm³/mol. The largest absolute Gasteiger partial charge is 0.486 e. The Balaban J connectivity index is 1.63. The smallest absolute Gasteiger partial charge is 0.272 e. The van der Waals surface area contributed by atoms with E-state index in [1.807, 2.05) is 6.92 Å². The molecule has 0 aliphatic carbocycles. The van der Waals surface area contributed by atoms with Crippen LogP contribution in [0.2, 0.25) is 0 Å². The lowest BCUT2D eigenvalue weighted by Crippen LogP contribution is -1.99. The van der Waals surface area contributed by atoms with Gasteiger partial charge in [-0.1, -0.05) is 0 Å². The molecule has 0 aliphatic heterocycles. The van der Waals surface area contributed by atoms with Crippen LogP contribution in [0.3, 0.4) is 0 Å². The van der Waals surface area contributed by atoms with Gasteiger partial charge in [0, 0.05) is 24.4 Å². The molecule has 3 aromatic rings. The number of ketones is 1. The Hall–Kier alpha value is -3.68. The number of aryl methyl sites for hydroxylation is 3. The second-order valence-electron chi connectivity index (χ2n) is 6.67. The van der Waals surface area contributed by atoms with E-state index in [2.05, 4.69) is 5.10 Å². The van der Waals surface area contributed by atoms with Crippen LogP contribution in [-0.4, -0.2) is 20.5 Å². The van der Waals surface area contributed by atoms with E-state index in [1.165, 1.54) is 12.1 Å². The third kappa shape index (κ3) is 4.43. The molecule has 0 atom stereocenters. The molecule has 8 heteroatoms. The number of nitro benzene ring substituents is 1. The molecule has 0 aliphatic rings. The number of aromatic nitrogens is 2. The minimum atomic E-state index is -0.431. The van der Waals surface area contributed by atoms with Crippen LogP contribution in [0.15, 0.2) is 40.8 Å². The Morgan fingerprint density at radius 1 is 1.28 bits per heavy atom. The first-order chi connectivity index (χ1) is 13.8. The van der Waals surface area contributed by atoms with Gasteiger partial charge in [-0.05, 0) is 57.2 Å². The van der Waals surface area contributed by atoms with E-state index < -0.39 is 4.92 Å². The molecule has 0 unspecified atom stereocenters. The average molecular weight is 395 g/mol. The van der Waals surface area contributed by atoms with Crippen LogP contribution < -0.4 is 4.74 Å². The minimum Gasteiger partial charge on any atom is -0.486 e. The summed E-state index contributed by atoms with van der Waals surface area (Å²) in [7, 11) is 1.80. The molecule has 2 aromatic heterocycles. The summed E-state index contributed by atoms with van der Waals surface area (Å²) in [6.07, 6.45) is 3.06. The van der Waals surface area contributed by atoms with Crippen molar-refractivity contribution in [3.05, 3.63) is 80.6 Å². The van der Waals surface area contributed by atoms with Crippen LogP contribution in [0.1, 0.15) is 38.8 Å². The van der Waals surface area contributed by atoms with Crippen LogP contribution in [0.4, 0.5) is 5.69 Å². The molecule has 0 radical (unpaired) electrons. The summed E-state index contributed by atoms with van der Waals surface area (Å²) in [5.41, 5.74) is 2.66. The van der Waals surface area contributed by atoms with Crippen molar-refractivity contribution in [2.75, 3.05) is 0 Å². The van der Waals surface area contributed by atoms with Crippen molar-refractivity contribution >= 4 is 17.5 Å². The van der Waals surface area contributed by atoms with E-state index in [0.29, 0.717) is 34.1 Å². The Labute approximate surface area is 167 Å². The van der Waals surface area contributed by atoms with Crippen molar-refractivity contribution in [3.8, 4) is 5.75 Å². The Morgan fingerprint density at radius 3 is 2.66 bits per heavy atom. The number of nitrogens with zero attached hydrogens (tertiary/aromatic N) is 3. The monoisotopic (exact) mass is 395 g/mol. The number of rotatable bonds is 7. The summed E-state index contributed by atoms with van der Waals surface area (Å²) in [5.74, 6) is 1.47. The van der Waals surface area contributed by atoms with E-state index in [-0.39, 0.29) is 18.1 Å². The SMILES string of the molecule is Cc1cc(OCc2ccc(/C=C/C(=O)c3c(C)nn(C)c3C)o2)ccc1[N+](=O)[O-]. The van der Waals surface area contributed by atoms with Gasteiger partial charge in [0.1, 0.15) is 23.9 Å². The molecule has 0 bridgehead atoms. The predicted octanol–water partition coefficient (Wildman–Crippen LogP) is 4.32. The zero-order valence-electron chi connectivity index (χ0n) is 16.6. The maximum Gasteiger partial charge on any atom is 0.272 e. The highest BCUT2D eigenvalue weighted by atomic mass is 16.6. The van der Waals surface area contributed by atoms with E-state index >= 15 is 0 Å². The van der Waals surface area contributed by atoms with Crippen molar-refractivity contribution in [2.45, 2.75) is 27.4 Å². The summed E-state index contributed by atoms with van der Waals surface area (Å²) in [6.45, 7) is 5.48. The van der Waals surface area contributed by atoms with Crippen molar-refractivity contribution in [2.24, 2.45) is 7.05 Å². The van der Waals surface area contributed by atoms with Crippen LogP contribution in [0, 0.1) is 30.9 Å². The number of carbonyl (C=O) groups excluding carboxylic acids is 1. The van der Waals surface area contributed by atoms with Gasteiger partial charge in [-0.15, -0.1) is 0 Å². The average Bonchev–Trinajstić information content (AvgIpc) is 3.22. The van der Waals surface area contributed by atoms with Crippen LogP contribution in [0.5, 0.6) is 5.75 Å². The molecule has 0 saturated carbocycles. The van der Waals surface area contributed by atoms with Crippen molar-refractivity contribution in [1.29, 1.82) is 0 Å². The highest BCUT2D eigenvalue weighted by molar-refractivity contribution is 6.08. The summed E-state index contributed by atoms with van der Waals surface area (Å²) in [6, 6.07) is 8.07. The Morgan fingerprint density at radius 2 is 2.03 bits per heavy atom. The lowest BCUT2D eigenvalue weighted by molar-refractivity contribution is -0.385. The van der Waals surface area contributed by atoms with Gasteiger partial charge in [0.15, 0.2) is 5.78 Å². The van der Waals surface area contributed by atoms with Crippen molar-refractivity contribution in [1.82, 2.24) is 9.78 Å². The zero-order valence-corrected chi connectivity index (χ0v) is 16.6. The first kappa shape index (κ1) is 20.1. The quantitative estimate of drug-likeness (QED) is 0.256. The summed E-state index contributed by atoms with van der Waals surface area (Å²) in [4.78, 5) is 22.9. The number of benzene rings is 1. The topological polar surface area (TPSA) is 100 Å². The second-order valence-corrected chi connectivity index (χ2v) is 6.67. The van der Waals surface area contributed by atoms with E-state index in [1.54, 1.807) is 55.9 Å². The van der Waals surface area contributed by atoms with Gasteiger partial charge in [-0.2, -0.15) is 5.10 Å². The van der Waals surface area contributed by atoms with Crippen LogP contribution in [0.25, 0.3) is 6.08 Å². The van der Waals surface area contributed by atoms with Crippen LogP contribution in [-0.2, 0) is 13.7 Å². The van der Waals surface area contributed by atoms with E-state index in [0.717, 1.165) is 5.69 Å². The van der Waals surface area contributed by atoms with Crippen molar-refractivity contribution in [3.63, 3.8) is 0 Å². The highest BCUT2D eigenvalue weighted by Gasteiger charge is 2.15. The van der Waals surface area contributed by atoms with Gasteiger partial charge in [0.05, 0.1) is 16.2 Å². The molecule has 0 spiro atoms. The van der Waals surface area contributed by atoms with Gasteiger partial charge < -0.3 is 9.15 Å². The Kier molecular flexibility index (Phi) is 5.63. The molecule has 1 aromatic carbocycles. The summed E-state index contributed by atoms with van der Waals surface area (Å²) < 4.78 is 13.0. The lowest BCUT2D eigenvalue weighted by Gasteiger charge is -2.05. The van der Waals surface area contributed by atoms with Crippen LogP contribution >= 0.6 is 0 Å². The highest BCUT2D eigenvalue weighted by Crippen LogP contribution is 2.24. The van der Waals surface area contributed by atoms with Gasteiger partial charge in [-0.25, -0.2) is 0 Å². The summed E-state index contributed by atoms with van der Waals surface area (Å²) in [5, 5.41) is 15.1. The fourth-order valence-corrected chi connectivity index (χ4v) is 3.01. The fraction of sp³-hybridized carbons (Fsp3) is 0.238. The maximum atomic E-state index is 12.4. The Bertz CT molecular complexity index is 1110. The molecule has 3 rings (SSSR count). The molecule has 0 saturated heterocycles. The third-order valence-electron chi connectivity index (χ3n) is 4.58. The summed E-state index contributed by atoms with van der Waals surface area (Å²) >= 11 is 0. The molecule has 2 heterocycles. The number of nitro groups is 1. The molecule has 0 amide bonds. The third-order valence-corrected chi connectivity index (χ3v) is 4.58. The van der Waals surface area contributed by atoms with Gasteiger partial charge >= 0.3 is 0 Å². The molecule has 0 N–H and O–H groups in total. The van der Waals surface area contributed by atoms with E-state index in [9.17, 15) is 14.9 Å². The van der Waals surface area contributed by atoms with Gasteiger partial charge in [0.2, 0.25) is 0 Å². The molecule has 0 fully saturated rings. The first-order valence-electron chi connectivity index (χ1n) is 8.95. The lowest BCUT2D eigenvalue weighted by atomic mass is 10.1. The van der Waals surface area contributed by atoms with Crippen molar-refractivity contribution < 1.29 is 18.9 Å². The second kappa shape index (κ2) is 8.14. The standard InChI is InChI=1S/C21H21N3O5/c1-13-11-17(7-9-19(13)24(26)27)28-12-18-6-5-16(29-18)8-10-20(25)21-14(2)22-23(4)15(21)3/h5-11H,12H2,1-4H3/b10-8+. The number of ether oxygens (including phenoxy) is 1. The number of furan rings is 1. The molecule has 150 valence electrons. The number of hydrogen-bond donors (Lipinski definition) is 0. The number of carbonyl (C=O) groups is 1. The molecule has 8 nitrogen and oxygen atoms in total. The van der Waals surface area contributed by atoms with Gasteiger partial charge in [-0.3, -0.25) is 19.6 Å². The first-order valence-corrected chi connectivity index (χ1v) is 8.95. The molecular weight excluding hydrogens is 374 g/mol. The molecule has 29 heavy (non-hydrogen) atoms.